The van der Waals surface area contributed by atoms with E-state index < -0.39 is 0 Å². The van der Waals surface area contributed by atoms with Crippen molar-refractivity contribution in [3.8, 4) is 0 Å². The number of nitrogens with zero attached hydrogens (tertiary/aromatic N) is 1. The first-order chi connectivity index (χ1) is 2.77. The second-order valence-electron chi connectivity index (χ2n) is 1.34. The molecular formula is C4H10NP. The van der Waals surface area contributed by atoms with E-state index in [1.807, 2.05) is 19.0 Å². The summed E-state index contributed by atoms with van der Waals surface area (Å²) < 4.78 is 0. The molecule has 0 radical (unpaired) electrons. The van der Waals surface area contributed by atoms with Crippen LogP contribution in [0.2, 0.25) is 0 Å². The van der Waals surface area contributed by atoms with Crippen molar-refractivity contribution >= 4 is 14.1 Å². The molecule has 0 saturated heterocycles. The topological polar surface area (TPSA) is 3.24 Å². The molecule has 0 aliphatic heterocycles. The van der Waals surface area contributed by atoms with Crippen LogP contribution in [-0.2, 0) is 0 Å². The lowest BCUT2D eigenvalue weighted by atomic mass is 11.0. The minimum absolute atomic E-state index is 1.32. The Hall–Kier alpha value is 0.130. The third kappa shape index (κ3) is 4.13. The van der Waals surface area contributed by atoms with Crippen molar-refractivity contribution in [2.75, 3.05) is 20.8 Å². The average molecular weight is 103 g/mol. The van der Waals surface area contributed by atoms with Crippen LogP contribution in [0.4, 0.5) is 0 Å². The van der Waals surface area contributed by atoms with Crippen LogP contribution in [0.15, 0.2) is 0 Å². The SMILES string of the molecule is C/P=C\N(C)C. The molecule has 0 aromatic rings. The summed E-state index contributed by atoms with van der Waals surface area (Å²) in [6, 6.07) is 0. The molecule has 0 aliphatic carbocycles. The molecule has 0 saturated carbocycles. The molecule has 6 heavy (non-hydrogen) atoms. The highest BCUT2D eigenvalue weighted by molar-refractivity contribution is 7.37. The lowest BCUT2D eigenvalue weighted by Crippen LogP contribution is -2.05. The van der Waals surface area contributed by atoms with E-state index in [-0.39, 0.29) is 0 Å². The van der Waals surface area contributed by atoms with E-state index in [9.17, 15) is 0 Å². The summed E-state index contributed by atoms with van der Waals surface area (Å²) >= 11 is 0. The van der Waals surface area contributed by atoms with E-state index >= 15 is 0 Å². The molecule has 0 N–H and O–H groups in total. The number of hydrogen-bond donors (Lipinski definition) is 0. The van der Waals surface area contributed by atoms with E-state index in [1.165, 1.54) is 8.20 Å². The van der Waals surface area contributed by atoms with E-state index in [1.54, 1.807) is 0 Å². The van der Waals surface area contributed by atoms with E-state index in [0.717, 1.165) is 0 Å². The Kier molecular flexibility index (Phi) is 3.40. The number of hydrogen-bond acceptors (Lipinski definition) is 0. The molecule has 0 aliphatic rings. The summed E-state index contributed by atoms with van der Waals surface area (Å²) in [5.41, 5.74) is 0. The van der Waals surface area contributed by atoms with Crippen LogP contribution in [0, 0.1) is 0 Å². The van der Waals surface area contributed by atoms with Gasteiger partial charge in [-0.2, -0.15) is 0 Å². The quantitative estimate of drug-likeness (QED) is 0.445. The molecule has 0 rings (SSSR count). The highest BCUT2D eigenvalue weighted by Crippen LogP contribution is 1.79. The zero-order chi connectivity index (χ0) is 4.99. The lowest BCUT2D eigenvalue weighted by Gasteiger charge is -1.95. The van der Waals surface area contributed by atoms with Crippen LogP contribution in [0.1, 0.15) is 0 Å². The summed E-state index contributed by atoms with van der Waals surface area (Å²) in [5, 5.41) is 0. The third-order valence-corrected chi connectivity index (χ3v) is 1.04. The van der Waals surface area contributed by atoms with Gasteiger partial charge in [0.25, 0.3) is 0 Å². The van der Waals surface area contributed by atoms with Crippen LogP contribution in [0.5, 0.6) is 0 Å². The minimum atomic E-state index is 1.32. The summed E-state index contributed by atoms with van der Waals surface area (Å²) in [4.78, 5) is 2.04. The Labute approximate surface area is 40.8 Å². The molecule has 0 unspecified atom stereocenters. The predicted molar refractivity (Wildman–Crippen MR) is 32.6 cm³/mol. The van der Waals surface area contributed by atoms with Crippen molar-refractivity contribution in [2.45, 2.75) is 0 Å². The van der Waals surface area contributed by atoms with Crippen LogP contribution in [-0.4, -0.2) is 31.6 Å². The molecule has 0 amide bonds. The third-order valence-electron chi connectivity index (χ3n) is 0.346. The second kappa shape index (κ2) is 3.32. The maximum absolute atomic E-state index is 2.10. The van der Waals surface area contributed by atoms with Crippen molar-refractivity contribution < 1.29 is 0 Å². The fourth-order valence-electron chi connectivity index (χ4n) is 0.231. The Morgan fingerprint density at radius 1 is 1.50 bits per heavy atom. The summed E-state index contributed by atoms with van der Waals surface area (Å²) in [6.07, 6.45) is 0. The van der Waals surface area contributed by atoms with Gasteiger partial charge in [-0.05, 0) is 20.8 Å². The van der Waals surface area contributed by atoms with Crippen LogP contribution in [0.3, 0.4) is 0 Å². The van der Waals surface area contributed by atoms with Crippen molar-refractivity contribution in [1.29, 1.82) is 0 Å². The van der Waals surface area contributed by atoms with Gasteiger partial charge in [0.15, 0.2) is 0 Å². The van der Waals surface area contributed by atoms with Gasteiger partial charge < -0.3 is 0 Å². The molecule has 36 valence electrons. The number of rotatable bonds is 1. The van der Waals surface area contributed by atoms with Crippen LogP contribution >= 0.6 is 8.20 Å². The average Bonchev–Trinajstić information content (AvgIpc) is 1.35. The monoisotopic (exact) mass is 103 g/mol. The molecule has 0 spiro atoms. The molecule has 0 atom stereocenters. The second-order valence-corrected chi connectivity index (χ2v) is 2.08. The minimum Gasteiger partial charge on any atom is -0.284 e. The van der Waals surface area contributed by atoms with Crippen molar-refractivity contribution in [3.05, 3.63) is 0 Å². The van der Waals surface area contributed by atoms with E-state index in [2.05, 4.69) is 12.6 Å². The Morgan fingerprint density at radius 2 is 2.00 bits per heavy atom. The molecule has 0 aromatic carbocycles. The molecule has 0 heterocycles. The summed E-state index contributed by atoms with van der Waals surface area (Å²) in [5.74, 6) is 2.10. The van der Waals surface area contributed by atoms with Gasteiger partial charge in [-0.3, -0.25) is 4.90 Å². The van der Waals surface area contributed by atoms with E-state index in [0.29, 0.717) is 0 Å². The van der Waals surface area contributed by atoms with Gasteiger partial charge in [0.2, 0.25) is 0 Å². The highest BCUT2D eigenvalue weighted by Gasteiger charge is 1.69. The van der Waals surface area contributed by atoms with Gasteiger partial charge in [0.05, 0.1) is 0 Å². The molecule has 2 heteroatoms. The van der Waals surface area contributed by atoms with Crippen molar-refractivity contribution in [3.63, 3.8) is 0 Å². The molecule has 0 fully saturated rings. The Balaban J connectivity index is 3.03. The maximum Gasteiger partial charge on any atom is 0.00275 e. The van der Waals surface area contributed by atoms with Gasteiger partial charge in [-0.1, -0.05) is 8.20 Å². The van der Waals surface area contributed by atoms with Gasteiger partial charge in [-0.15, -0.1) is 0 Å². The fraction of sp³-hybridized carbons (Fsp3) is 0.750. The first kappa shape index (κ1) is 6.13. The highest BCUT2D eigenvalue weighted by atomic mass is 31.1. The predicted octanol–water partition coefficient (Wildman–Crippen LogP) is 0.884. The largest absolute Gasteiger partial charge is 0.284 e. The van der Waals surface area contributed by atoms with Crippen LogP contribution < -0.4 is 0 Å². The zero-order valence-electron chi connectivity index (χ0n) is 4.47. The lowest BCUT2D eigenvalue weighted by molar-refractivity contribution is 0.653. The van der Waals surface area contributed by atoms with Crippen molar-refractivity contribution in [2.24, 2.45) is 0 Å². The van der Waals surface area contributed by atoms with Crippen LogP contribution in [0.25, 0.3) is 0 Å². The van der Waals surface area contributed by atoms with Gasteiger partial charge in [0, 0.05) is 5.92 Å². The normalized spacial score (nSPS) is 11.3. The standard InChI is InChI=1S/C4H10NP/c1-5(2)4-6-3/h4H,1-3H3. The maximum atomic E-state index is 2.10. The summed E-state index contributed by atoms with van der Waals surface area (Å²) in [6.45, 7) is 2.10. The summed E-state index contributed by atoms with van der Waals surface area (Å²) in [7, 11) is 5.37. The molecular weight excluding hydrogens is 93.0 g/mol. The fourth-order valence-corrected chi connectivity index (χ4v) is 0.693. The molecule has 0 bridgehead atoms. The smallest absolute Gasteiger partial charge is 0.00275 e. The van der Waals surface area contributed by atoms with Gasteiger partial charge in [0.1, 0.15) is 0 Å². The first-order valence-electron chi connectivity index (χ1n) is 1.86. The Morgan fingerprint density at radius 3 is 2.00 bits per heavy atom. The Bertz CT molecular complexity index is 49.5. The first-order valence-corrected chi connectivity index (χ1v) is 3.27. The van der Waals surface area contributed by atoms with Gasteiger partial charge >= 0.3 is 0 Å². The molecule has 0 aromatic heterocycles. The van der Waals surface area contributed by atoms with Crippen molar-refractivity contribution in [1.82, 2.24) is 4.90 Å². The van der Waals surface area contributed by atoms with Gasteiger partial charge in [-0.25, -0.2) is 0 Å². The zero-order valence-corrected chi connectivity index (χ0v) is 5.37. The van der Waals surface area contributed by atoms with E-state index in [4.69, 9.17) is 0 Å². The molecule has 1 nitrogen and oxygen atoms in total.